The normalized spacial score (nSPS) is 15.9. The van der Waals surface area contributed by atoms with Crippen LogP contribution in [0.25, 0.3) is 0 Å². The average Bonchev–Trinajstić information content (AvgIpc) is 3.26. The first-order valence-corrected chi connectivity index (χ1v) is 12.5. The Bertz CT molecular complexity index is 784. The fourth-order valence-corrected chi connectivity index (χ4v) is 4.89. The van der Waals surface area contributed by atoms with Crippen LogP contribution in [-0.2, 0) is 11.2 Å². The van der Waals surface area contributed by atoms with Crippen LogP contribution in [0, 0.1) is 5.92 Å². The average molecular weight is 444 g/mol. The maximum Gasteiger partial charge on any atom is 0.223 e. The lowest BCUT2D eigenvalue weighted by Crippen LogP contribution is -2.43. The van der Waals surface area contributed by atoms with Gasteiger partial charge in [-0.15, -0.1) is 0 Å². The summed E-state index contributed by atoms with van der Waals surface area (Å²) in [6.07, 6.45) is 4.69. The minimum atomic E-state index is 0.109. The zero-order valence-electron chi connectivity index (χ0n) is 19.2. The second-order valence-corrected chi connectivity index (χ2v) is 9.23. The van der Waals surface area contributed by atoms with Crippen molar-refractivity contribution in [2.45, 2.75) is 58.9 Å². The van der Waals surface area contributed by atoms with Crippen LogP contribution in [0.15, 0.2) is 30.3 Å². The zero-order chi connectivity index (χ0) is 22.1. The number of hydrogen-bond donors (Lipinski definition) is 1. The number of amides is 1. The summed E-state index contributed by atoms with van der Waals surface area (Å²) in [5, 5.41) is 4.23. The molecule has 1 aromatic heterocycles. The zero-order valence-corrected chi connectivity index (χ0v) is 20.0. The van der Waals surface area contributed by atoms with E-state index in [0.717, 1.165) is 75.8 Å². The molecule has 1 aromatic carbocycles. The highest BCUT2D eigenvalue weighted by molar-refractivity contribution is 7.09. The molecule has 1 aliphatic rings. The molecule has 7 heteroatoms. The number of rotatable bonds is 11. The van der Waals surface area contributed by atoms with E-state index in [1.807, 2.05) is 18.2 Å². The summed E-state index contributed by atoms with van der Waals surface area (Å²) in [5.41, 5.74) is 1.23. The first kappa shape index (κ1) is 23.7. The fourth-order valence-electron chi connectivity index (χ4n) is 4.15. The van der Waals surface area contributed by atoms with Crippen molar-refractivity contribution in [3.8, 4) is 0 Å². The van der Waals surface area contributed by atoms with E-state index in [1.54, 1.807) is 0 Å². The molecule has 1 fully saturated rings. The lowest BCUT2D eigenvalue weighted by molar-refractivity contribution is -0.126. The summed E-state index contributed by atoms with van der Waals surface area (Å²) < 4.78 is 4.54. The molecule has 1 saturated heterocycles. The predicted molar refractivity (Wildman–Crippen MR) is 129 cm³/mol. The molecular weight excluding hydrogens is 406 g/mol. The number of hydrogen-bond acceptors (Lipinski definition) is 6. The minimum Gasteiger partial charge on any atom is -0.353 e. The first-order valence-electron chi connectivity index (χ1n) is 11.7. The Balaban J connectivity index is 1.39. The number of nitrogens with zero attached hydrogens (tertiary/aromatic N) is 4. The van der Waals surface area contributed by atoms with Gasteiger partial charge in [-0.1, -0.05) is 44.2 Å². The number of aromatic nitrogens is 2. The van der Waals surface area contributed by atoms with Crippen LogP contribution in [0.2, 0.25) is 0 Å². The quantitative estimate of drug-likeness (QED) is 0.569. The van der Waals surface area contributed by atoms with Gasteiger partial charge in [-0.05, 0) is 57.8 Å². The van der Waals surface area contributed by atoms with Crippen molar-refractivity contribution >= 4 is 22.6 Å². The molecule has 1 amide bonds. The highest BCUT2D eigenvalue weighted by Crippen LogP contribution is 2.25. The predicted octanol–water partition coefficient (Wildman–Crippen LogP) is 3.97. The molecule has 1 N–H and O–H groups in total. The third kappa shape index (κ3) is 7.28. The summed E-state index contributed by atoms with van der Waals surface area (Å²) in [6.45, 7) is 11.6. The highest BCUT2D eigenvalue weighted by Gasteiger charge is 2.27. The second-order valence-electron chi connectivity index (χ2n) is 8.50. The van der Waals surface area contributed by atoms with Crippen LogP contribution in [0.4, 0.5) is 5.13 Å². The molecule has 0 radical (unpaired) electrons. The Morgan fingerprint density at radius 2 is 1.94 bits per heavy atom. The van der Waals surface area contributed by atoms with Gasteiger partial charge in [0.05, 0.1) is 0 Å². The van der Waals surface area contributed by atoms with E-state index in [1.165, 1.54) is 17.1 Å². The summed E-state index contributed by atoms with van der Waals surface area (Å²) in [4.78, 5) is 22.2. The largest absolute Gasteiger partial charge is 0.353 e. The van der Waals surface area contributed by atoms with E-state index in [9.17, 15) is 4.79 Å². The van der Waals surface area contributed by atoms with Gasteiger partial charge in [-0.2, -0.15) is 4.37 Å². The van der Waals surface area contributed by atoms with Crippen molar-refractivity contribution in [1.29, 1.82) is 0 Å². The third-order valence-corrected chi connectivity index (χ3v) is 7.01. The molecule has 3 rings (SSSR count). The molecule has 1 aliphatic heterocycles. The van der Waals surface area contributed by atoms with Gasteiger partial charge in [0.25, 0.3) is 0 Å². The molecule has 0 bridgehead atoms. The Kier molecular flexibility index (Phi) is 9.28. The van der Waals surface area contributed by atoms with Crippen LogP contribution < -0.4 is 10.2 Å². The van der Waals surface area contributed by atoms with E-state index < -0.39 is 0 Å². The smallest absolute Gasteiger partial charge is 0.223 e. The number of benzene rings is 1. The standard InChI is InChI=1S/C24H37N5OS/c1-4-28(5-2)15-9-10-19(3)25-23(30)21-13-16-29(17-14-21)24-26-22(27-31-24)18-20-11-7-6-8-12-20/h6-8,11-12,19,21H,4-5,9-10,13-18H2,1-3H3,(H,25,30). The molecule has 1 unspecified atom stereocenters. The maximum atomic E-state index is 12.7. The van der Waals surface area contributed by atoms with Crippen molar-refractivity contribution < 1.29 is 4.79 Å². The van der Waals surface area contributed by atoms with Crippen molar-refractivity contribution in [1.82, 2.24) is 19.6 Å². The van der Waals surface area contributed by atoms with E-state index in [-0.39, 0.29) is 17.9 Å². The van der Waals surface area contributed by atoms with Crippen molar-refractivity contribution in [2.24, 2.45) is 5.92 Å². The molecule has 6 nitrogen and oxygen atoms in total. The molecule has 0 saturated carbocycles. The van der Waals surface area contributed by atoms with Gasteiger partial charge in [0.2, 0.25) is 11.0 Å². The van der Waals surface area contributed by atoms with Crippen LogP contribution in [0.1, 0.15) is 57.8 Å². The van der Waals surface area contributed by atoms with Crippen LogP contribution in [-0.4, -0.2) is 58.9 Å². The summed E-state index contributed by atoms with van der Waals surface area (Å²) in [5.74, 6) is 1.21. The Labute approximate surface area is 191 Å². The molecule has 0 spiro atoms. The van der Waals surface area contributed by atoms with Crippen LogP contribution in [0.3, 0.4) is 0 Å². The summed E-state index contributed by atoms with van der Waals surface area (Å²) in [6, 6.07) is 10.6. The third-order valence-electron chi connectivity index (χ3n) is 6.19. The van der Waals surface area contributed by atoms with Gasteiger partial charge in [0.15, 0.2) is 0 Å². The lowest BCUT2D eigenvalue weighted by atomic mass is 9.95. The number of carbonyl (C=O) groups excluding carboxylic acids is 1. The number of piperidine rings is 1. The van der Waals surface area contributed by atoms with Gasteiger partial charge in [-0.3, -0.25) is 4.79 Å². The van der Waals surface area contributed by atoms with Crippen molar-refractivity contribution in [3.05, 3.63) is 41.7 Å². The Morgan fingerprint density at radius 3 is 2.61 bits per heavy atom. The first-order chi connectivity index (χ1) is 15.1. The molecule has 31 heavy (non-hydrogen) atoms. The van der Waals surface area contributed by atoms with Crippen molar-refractivity contribution in [2.75, 3.05) is 37.6 Å². The van der Waals surface area contributed by atoms with Gasteiger partial charge in [0, 0.05) is 43.0 Å². The van der Waals surface area contributed by atoms with Gasteiger partial charge < -0.3 is 15.1 Å². The van der Waals surface area contributed by atoms with E-state index >= 15 is 0 Å². The number of carbonyl (C=O) groups is 1. The summed E-state index contributed by atoms with van der Waals surface area (Å²) in [7, 11) is 0. The lowest BCUT2D eigenvalue weighted by Gasteiger charge is -2.31. The topological polar surface area (TPSA) is 61.4 Å². The second kappa shape index (κ2) is 12.2. The molecule has 2 heterocycles. The van der Waals surface area contributed by atoms with Crippen LogP contribution in [0.5, 0.6) is 0 Å². The monoisotopic (exact) mass is 443 g/mol. The van der Waals surface area contributed by atoms with E-state index in [4.69, 9.17) is 4.98 Å². The molecular formula is C24H37N5OS. The fraction of sp³-hybridized carbons (Fsp3) is 0.625. The highest BCUT2D eigenvalue weighted by atomic mass is 32.1. The van der Waals surface area contributed by atoms with Gasteiger partial charge in [0.1, 0.15) is 5.82 Å². The van der Waals surface area contributed by atoms with Gasteiger partial charge >= 0.3 is 0 Å². The number of anilines is 1. The molecule has 2 aromatic rings. The van der Waals surface area contributed by atoms with E-state index in [0.29, 0.717) is 0 Å². The SMILES string of the molecule is CCN(CC)CCCC(C)NC(=O)C1CCN(c2nc(Cc3ccccc3)ns2)CC1. The van der Waals surface area contributed by atoms with Crippen molar-refractivity contribution in [3.63, 3.8) is 0 Å². The van der Waals surface area contributed by atoms with Gasteiger partial charge in [-0.25, -0.2) is 4.98 Å². The summed E-state index contributed by atoms with van der Waals surface area (Å²) >= 11 is 1.47. The van der Waals surface area contributed by atoms with E-state index in [2.05, 4.69) is 52.4 Å². The molecule has 0 aliphatic carbocycles. The maximum absolute atomic E-state index is 12.7. The molecule has 170 valence electrons. The van der Waals surface area contributed by atoms with Crippen LogP contribution >= 0.6 is 11.5 Å². The molecule has 1 atom stereocenters. The number of nitrogens with one attached hydrogen (secondary N) is 1. The Hall–Kier alpha value is -1.99. The Morgan fingerprint density at radius 1 is 1.23 bits per heavy atom. The minimum absolute atomic E-state index is 0.109.